The van der Waals surface area contributed by atoms with Gasteiger partial charge in [0.1, 0.15) is 22.5 Å². The fraction of sp³-hybridized carbons (Fsp3) is 0.0909. The summed E-state index contributed by atoms with van der Waals surface area (Å²) in [5.41, 5.74) is -0.661. The maximum atomic E-state index is 13.8. The molecule has 0 radical (unpaired) electrons. The van der Waals surface area contributed by atoms with E-state index in [9.17, 15) is 9.18 Å². The van der Waals surface area contributed by atoms with Gasteiger partial charge in [-0.05, 0) is 19.1 Å². The standard InChI is InChI=1S/C11H6Cl3FN2O/c1-5-16-8(13)4-9(18)17(5)11-7(15)3-2-6(12)10(11)14/h2-4H,1H3. The molecule has 1 aromatic carbocycles. The van der Waals surface area contributed by atoms with Crippen LogP contribution >= 0.6 is 34.8 Å². The molecule has 0 aliphatic carbocycles. The molecule has 0 saturated heterocycles. The summed E-state index contributed by atoms with van der Waals surface area (Å²) in [6.07, 6.45) is 0. The summed E-state index contributed by atoms with van der Waals surface area (Å²) in [5, 5.41) is 0.132. The Morgan fingerprint density at radius 3 is 2.56 bits per heavy atom. The number of hydrogen-bond donors (Lipinski definition) is 0. The fourth-order valence-electron chi connectivity index (χ4n) is 1.56. The number of hydrogen-bond acceptors (Lipinski definition) is 2. The first kappa shape index (κ1) is 13.3. The van der Waals surface area contributed by atoms with Crippen molar-refractivity contribution in [3.05, 3.63) is 55.4 Å². The van der Waals surface area contributed by atoms with Crippen molar-refractivity contribution in [3.8, 4) is 5.69 Å². The molecule has 0 spiro atoms. The molecule has 1 aromatic heterocycles. The van der Waals surface area contributed by atoms with E-state index in [0.29, 0.717) is 0 Å². The lowest BCUT2D eigenvalue weighted by atomic mass is 10.3. The molecule has 18 heavy (non-hydrogen) atoms. The van der Waals surface area contributed by atoms with Crippen LogP contribution in [0.15, 0.2) is 23.0 Å². The first-order valence-electron chi connectivity index (χ1n) is 4.82. The van der Waals surface area contributed by atoms with Gasteiger partial charge in [-0.1, -0.05) is 34.8 Å². The fourth-order valence-corrected chi connectivity index (χ4v) is 2.16. The third-order valence-electron chi connectivity index (χ3n) is 2.30. The van der Waals surface area contributed by atoms with E-state index in [0.717, 1.165) is 16.7 Å². The Hall–Kier alpha value is -1.10. The van der Waals surface area contributed by atoms with E-state index in [1.807, 2.05) is 0 Å². The normalized spacial score (nSPS) is 10.7. The second-order valence-corrected chi connectivity index (χ2v) is 4.66. The smallest absolute Gasteiger partial charge is 0.259 e. The summed E-state index contributed by atoms with van der Waals surface area (Å²) in [6, 6.07) is 3.52. The van der Waals surface area contributed by atoms with Gasteiger partial charge in [-0.2, -0.15) is 0 Å². The highest BCUT2D eigenvalue weighted by molar-refractivity contribution is 6.43. The molecule has 0 aliphatic rings. The third kappa shape index (κ3) is 2.23. The van der Waals surface area contributed by atoms with Crippen LogP contribution in [-0.2, 0) is 0 Å². The topological polar surface area (TPSA) is 34.9 Å². The number of rotatable bonds is 1. The van der Waals surface area contributed by atoms with E-state index in [1.54, 1.807) is 0 Å². The Balaban J connectivity index is 2.86. The average Bonchev–Trinajstić information content (AvgIpc) is 2.27. The van der Waals surface area contributed by atoms with Crippen LogP contribution in [0.3, 0.4) is 0 Å². The van der Waals surface area contributed by atoms with Gasteiger partial charge in [0.15, 0.2) is 0 Å². The molecule has 0 amide bonds. The van der Waals surface area contributed by atoms with Crippen LogP contribution in [0.2, 0.25) is 15.2 Å². The summed E-state index contributed by atoms with van der Waals surface area (Å²) in [5.74, 6) is -0.450. The SMILES string of the molecule is Cc1nc(Cl)cc(=O)n1-c1c(F)ccc(Cl)c1Cl. The monoisotopic (exact) mass is 306 g/mol. The molecular weight excluding hydrogens is 301 g/mol. The van der Waals surface area contributed by atoms with Gasteiger partial charge in [-0.15, -0.1) is 0 Å². The number of aromatic nitrogens is 2. The summed E-state index contributed by atoms with van der Waals surface area (Å²) < 4.78 is 14.8. The Morgan fingerprint density at radius 2 is 1.94 bits per heavy atom. The van der Waals surface area contributed by atoms with Crippen LogP contribution in [0, 0.1) is 12.7 Å². The van der Waals surface area contributed by atoms with Crippen molar-refractivity contribution in [1.82, 2.24) is 9.55 Å². The largest absolute Gasteiger partial charge is 0.269 e. The van der Waals surface area contributed by atoms with Crippen LogP contribution in [0.5, 0.6) is 0 Å². The van der Waals surface area contributed by atoms with E-state index >= 15 is 0 Å². The predicted octanol–water partition coefficient (Wildman–Crippen LogP) is 3.64. The minimum atomic E-state index is -0.668. The van der Waals surface area contributed by atoms with Gasteiger partial charge in [0.25, 0.3) is 5.56 Å². The van der Waals surface area contributed by atoms with Crippen LogP contribution in [0.25, 0.3) is 5.69 Å². The molecule has 2 rings (SSSR count). The van der Waals surface area contributed by atoms with Crippen molar-refractivity contribution in [2.45, 2.75) is 6.92 Å². The van der Waals surface area contributed by atoms with Gasteiger partial charge in [-0.25, -0.2) is 9.37 Å². The first-order chi connectivity index (χ1) is 8.41. The Bertz CT molecular complexity index is 685. The lowest BCUT2D eigenvalue weighted by Gasteiger charge is -2.12. The van der Waals surface area contributed by atoms with Crippen LogP contribution in [0.4, 0.5) is 4.39 Å². The molecule has 3 nitrogen and oxygen atoms in total. The summed E-state index contributed by atoms with van der Waals surface area (Å²) in [6.45, 7) is 1.52. The lowest BCUT2D eigenvalue weighted by molar-refractivity contribution is 0.612. The quantitative estimate of drug-likeness (QED) is 0.595. The zero-order valence-corrected chi connectivity index (χ0v) is 11.3. The van der Waals surface area contributed by atoms with Crippen LogP contribution in [0.1, 0.15) is 5.82 Å². The number of nitrogens with zero attached hydrogens (tertiary/aromatic N) is 2. The minimum absolute atomic E-state index is 0.0345. The highest BCUT2D eigenvalue weighted by Crippen LogP contribution is 2.30. The number of benzene rings is 1. The van der Waals surface area contributed by atoms with Crippen molar-refractivity contribution in [3.63, 3.8) is 0 Å². The van der Waals surface area contributed by atoms with Gasteiger partial charge < -0.3 is 0 Å². The van der Waals surface area contributed by atoms with Gasteiger partial charge in [0, 0.05) is 6.07 Å². The van der Waals surface area contributed by atoms with E-state index < -0.39 is 11.4 Å². The van der Waals surface area contributed by atoms with Gasteiger partial charge in [0.05, 0.1) is 10.0 Å². The molecule has 0 bridgehead atoms. The molecular formula is C11H6Cl3FN2O. The molecule has 2 aromatic rings. The number of aryl methyl sites for hydroxylation is 1. The maximum Gasteiger partial charge on any atom is 0.259 e. The Kier molecular flexibility index (Phi) is 3.61. The summed E-state index contributed by atoms with van der Waals surface area (Å²) >= 11 is 17.4. The summed E-state index contributed by atoms with van der Waals surface area (Å²) in [4.78, 5) is 15.7. The Morgan fingerprint density at radius 1 is 1.28 bits per heavy atom. The van der Waals surface area contributed by atoms with Gasteiger partial charge >= 0.3 is 0 Å². The van der Waals surface area contributed by atoms with Crippen LogP contribution in [-0.4, -0.2) is 9.55 Å². The molecule has 94 valence electrons. The van der Waals surface area contributed by atoms with Gasteiger partial charge in [-0.3, -0.25) is 9.36 Å². The molecule has 7 heteroatoms. The number of halogens is 4. The van der Waals surface area contributed by atoms with Crippen molar-refractivity contribution in [2.75, 3.05) is 0 Å². The predicted molar refractivity (Wildman–Crippen MR) is 69.6 cm³/mol. The first-order valence-corrected chi connectivity index (χ1v) is 5.95. The van der Waals surface area contributed by atoms with Crippen molar-refractivity contribution < 1.29 is 4.39 Å². The molecule has 0 fully saturated rings. The second-order valence-electron chi connectivity index (χ2n) is 3.49. The van der Waals surface area contributed by atoms with Crippen LogP contribution < -0.4 is 5.56 Å². The van der Waals surface area contributed by atoms with Gasteiger partial charge in [0.2, 0.25) is 0 Å². The van der Waals surface area contributed by atoms with E-state index in [-0.39, 0.29) is 26.7 Å². The zero-order valence-electron chi connectivity index (χ0n) is 9.05. The highest BCUT2D eigenvalue weighted by atomic mass is 35.5. The van der Waals surface area contributed by atoms with E-state index in [4.69, 9.17) is 34.8 Å². The molecule has 0 atom stereocenters. The minimum Gasteiger partial charge on any atom is -0.269 e. The van der Waals surface area contributed by atoms with E-state index in [2.05, 4.69) is 4.98 Å². The molecule has 1 heterocycles. The van der Waals surface area contributed by atoms with Crippen molar-refractivity contribution in [2.24, 2.45) is 0 Å². The summed E-state index contributed by atoms with van der Waals surface area (Å²) in [7, 11) is 0. The van der Waals surface area contributed by atoms with Crippen molar-refractivity contribution >= 4 is 34.8 Å². The molecule has 0 aliphatic heterocycles. The molecule has 0 unspecified atom stereocenters. The lowest BCUT2D eigenvalue weighted by Crippen LogP contribution is -2.22. The third-order valence-corrected chi connectivity index (χ3v) is 3.29. The second kappa shape index (κ2) is 4.88. The zero-order chi connectivity index (χ0) is 13.4. The molecule has 0 saturated carbocycles. The average molecular weight is 308 g/mol. The van der Waals surface area contributed by atoms with Crippen molar-refractivity contribution in [1.29, 1.82) is 0 Å². The Labute approximate surface area is 117 Å². The maximum absolute atomic E-state index is 13.8. The van der Waals surface area contributed by atoms with E-state index in [1.165, 1.54) is 13.0 Å². The molecule has 0 N–H and O–H groups in total. The highest BCUT2D eigenvalue weighted by Gasteiger charge is 2.16.